The second-order valence-electron chi connectivity index (χ2n) is 6.08. The monoisotopic (exact) mass is 321 g/mol. The van der Waals surface area contributed by atoms with Gasteiger partial charge in [-0.15, -0.1) is 0 Å². The number of nitrogens with one attached hydrogen (secondary N) is 1. The van der Waals surface area contributed by atoms with E-state index < -0.39 is 0 Å². The van der Waals surface area contributed by atoms with Crippen molar-refractivity contribution in [3.05, 3.63) is 85.2 Å². The minimum Gasteiger partial charge on any atom is -0.353 e. The van der Waals surface area contributed by atoms with Crippen LogP contribution in [0.3, 0.4) is 0 Å². The van der Waals surface area contributed by atoms with Crippen LogP contribution < -0.4 is 0 Å². The molecular formula is C22H15N3. The molecule has 5 rings (SSSR count). The third-order valence-corrected chi connectivity index (χ3v) is 4.52. The highest BCUT2D eigenvalue weighted by Crippen LogP contribution is 2.31. The first-order valence-electron chi connectivity index (χ1n) is 8.27. The van der Waals surface area contributed by atoms with Gasteiger partial charge in [-0.25, -0.2) is 0 Å². The number of pyridine rings is 2. The Bertz CT molecular complexity index is 1180. The largest absolute Gasteiger partial charge is 0.353 e. The Morgan fingerprint density at radius 1 is 0.640 bits per heavy atom. The minimum atomic E-state index is 0.956. The van der Waals surface area contributed by atoms with Crippen LogP contribution in [0.2, 0.25) is 0 Å². The molecule has 5 aromatic rings. The maximum Gasteiger partial charge on any atom is 0.0864 e. The van der Waals surface area contributed by atoms with E-state index >= 15 is 0 Å². The highest BCUT2D eigenvalue weighted by Gasteiger charge is 2.08. The van der Waals surface area contributed by atoms with Crippen LogP contribution in [-0.4, -0.2) is 15.0 Å². The van der Waals surface area contributed by atoms with Crippen molar-refractivity contribution in [2.24, 2.45) is 0 Å². The van der Waals surface area contributed by atoms with E-state index in [9.17, 15) is 0 Å². The lowest BCUT2D eigenvalue weighted by molar-refractivity contribution is 1.29. The predicted molar refractivity (Wildman–Crippen MR) is 102 cm³/mol. The van der Waals surface area contributed by atoms with Gasteiger partial charge in [-0.05, 0) is 53.2 Å². The summed E-state index contributed by atoms with van der Waals surface area (Å²) in [5, 5.41) is 3.66. The first-order chi connectivity index (χ1) is 12.4. The van der Waals surface area contributed by atoms with E-state index in [0.717, 1.165) is 28.2 Å². The van der Waals surface area contributed by atoms with Gasteiger partial charge in [0.25, 0.3) is 0 Å². The summed E-state index contributed by atoms with van der Waals surface area (Å²) in [6.07, 6.45) is 3.64. The van der Waals surface area contributed by atoms with E-state index in [1.54, 1.807) is 0 Å². The molecule has 0 radical (unpaired) electrons. The smallest absolute Gasteiger partial charge is 0.0864 e. The molecule has 0 amide bonds. The number of hydrogen-bond acceptors (Lipinski definition) is 2. The van der Waals surface area contributed by atoms with E-state index in [4.69, 9.17) is 0 Å². The lowest BCUT2D eigenvalue weighted by Crippen LogP contribution is -1.82. The Balaban J connectivity index is 1.69. The molecule has 0 fully saturated rings. The molecule has 0 aliphatic carbocycles. The normalized spacial score (nSPS) is 11.2. The molecule has 0 aliphatic heterocycles. The highest BCUT2D eigenvalue weighted by atomic mass is 14.8. The van der Waals surface area contributed by atoms with E-state index in [2.05, 4.69) is 51.4 Å². The zero-order valence-electron chi connectivity index (χ0n) is 13.5. The summed E-state index contributed by atoms with van der Waals surface area (Å²) in [6, 6.07) is 24.9. The number of hydrogen-bond donors (Lipinski definition) is 1. The van der Waals surface area contributed by atoms with Gasteiger partial charge in [0.15, 0.2) is 0 Å². The lowest BCUT2D eigenvalue weighted by atomic mass is 10.0. The molecule has 2 aromatic carbocycles. The quantitative estimate of drug-likeness (QED) is 0.470. The van der Waals surface area contributed by atoms with Crippen LogP contribution in [0.5, 0.6) is 0 Å². The summed E-state index contributed by atoms with van der Waals surface area (Å²) in [7, 11) is 0. The molecule has 0 saturated heterocycles. The standard InChI is InChI=1S/C22H15N3/c1-3-11-23-19(5-1)16-7-9-17-15(13-16)8-10-20-18(17)14-22(25-20)21-6-2-4-12-24-21/h1-14,25H. The zero-order valence-corrected chi connectivity index (χ0v) is 13.5. The highest BCUT2D eigenvalue weighted by molar-refractivity contribution is 6.08. The molecule has 3 heterocycles. The first-order valence-corrected chi connectivity index (χ1v) is 8.27. The third kappa shape index (κ3) is 2.37. The molecule has 0 aliphatic rings. The maximum atomic E-state index is 4.45. The van der Waals surface area contributed by atoms with Crippen LogP contribution in [0.15, 0.2) is 85.2 Å². The second kappa shape index (κ2) is 5.56. The Kier molecular flexibility index (Phi) is 3.10. The Hall–Kier alpha value is -3.46. The fourth-order valence-electron chi connectivity index (χ4n) is 3.30. The molecule has 0 unspecified atom stereocenters. The van der Waals surface area contributed by atoms with Crippen LogP contribution in [0.1, 0.15) is 0 Å². The molecule has 0 saturated carbocycles. The van der Waals surface area contributed by atoms with Crippen molar-refractivity contribution >= 4 is 21.7 Å². The summed E-state index contributed by atoms with van der Waals surface area (Å²) in [6.45, 7) is 0. The van der Waals surface area contributed by atoms with Crippen LogP contribution in [0, 0.1) is 0 Å². The molecular weight excluding hydrogens is 306 g/mol. The molecule has 0 atom stereocenters. The summed E-state index contributed by atoms with van der Waals surface area (Å²) in [5.41, 5.74) is 5.24. The second-order valence-corrected chi connectivity index (χ2v) is 6.08. The van der Waals surface area contributed by atoms with Crippen molar-refractivity contribution in [3.63, 3.8) is 0 Å². The van der Waals surface area contributed by atoms with Crippen molar-refractivity contribution in [2.45, 2.75) is 0 Å². The molecule has 3 aromatic heterocycles. The van der Waals surface area contributed by atoms with Gasteiger partial charge in [0.2, 0.25) is 0 Å². The maximum absolute atomic E-state index is 4.45. The van der Waals surface area contributed by atoms with Crippen molar-refractivity contribution in [2.75, 3.05) is 0 Å². The Morgan fingerprint density at radius 2 is 1.44 bits per heavy atom. The van der Waals surface area contributed by atoms with Crippen molar-refractivity contribution in [1.82, 2.24) is 15.0 Å². The minimum absolute atomic E-state index is 0.956. The van der Waals surface area contributed by atoms with Crippen LogP contribution in [-0.2, 0) is 0 Å². The van der Waals surface area contributed by atoms with Crippen molar-refractivity contribution in [3.8, 4) is 22.6 Å². The predicted octanol–water partition coefficient (Wildman–Crippen LogP) is 5.45. The Morgan fingerprint density at radius 3 is 2.20 bits per heavy atom. The van der Waals surface area contributed by atoms with Gasteiger partial charge in [-0.1, -0.05) is 30.3 Å². The molecule has 3 nitrogen and oxygen atoms in total. The molecule has 0 bridgehead atoms. The molecule has 118 valence electrons. The fourth-order valence-corrected chi connectivity index (χ4v) is 3.30. The topological polar surface area (TPSA) is 41.6 Å². The van der Waals surface area contributed by atoms with Crippen LogP contribution in [0.4, 0.5) is 0 Å². The number of benzene rings is 2. The number of H-pyrrole nitrogens is 1. The average molecular weight is 321 g/mol. The lowest BCUT2D eigenvalue weighted by Gasteiger charge is -2.04. The SMILES string of the molecule is c1ccc(-c2ccc3c(ccc4[nH]c(-c5ccccn5)cc43)c2)nc1. The van der Waals surface area contributed by atoms with Crippen molar-refractivity contribution < 1.29 is 0 Å². The summed E-state index contributed by atoms with van der Waals surface area (Å²) in [5.74, 6) is 0. The average Bonchev–Trinajstić information content (AvgIpc) is 3.14. The van der Waals surface area contributed by atoms with Gasteiger partial charge in [0, 0.05) is 28.9 Å². The molecule has 3 heteroatoms. The van der Waals surface area contributed by atoms with Gasteiger partial charge >= 0.3 is 0 Å². The van der Waals surface area contributed by atoms with Crippen molar-refractivity contribution in [1.29, 1.82) is 0 Å². The summed E-state index contributed by atoms with van der Waals surface area (Å²) >= 11 is 0. The first kappa shape index (κ1) is 13.9. The van der Waals surface area contributed by atoms with E-state index in [-0.39, 0.29) is 0 Å². The van der Waals surface area contributed by atoms with E-state index in [0.29, 0.717) is 0 Å². The van der Waals surface area contributed by atoms with E-state index in [1.165, 1.54) is 16.2 Å². The summed E-state index contributed by atoms with van der Waals surface area (Å²) in [4.78, 5) is 12.4. The Labute approximate surface area is 145 Å². The molecule has 25 heavy (non-hydrogen) atoms. The van der Waals surface area contributed by atoms with E-state index in [1.807, 2.05) is 48.8 Å². The van der Waals surface area contributed by atoms with Gasteiger partial charge in [-0.2, -0.15) is 0 Å². The van der Waals surface area contributed by atoms with Gasteiger partial charge in [-0.3, -0.25) is 9.97 Å². The third-order valence-electron chi connectivity index (χ3n) is 4.52. The molecule has 1 N–H and O–H groups in total. The van der Waals surface area contributed by atoms with Crippen LogP contribution in [0.25, 0.3) is 44.3 Å². The number of rotatable bonds is 2. The number of aromatic amines is 1. The number of fused-ring (bicyclic) bond motifs is 3. The number of nitrogens with zero attached hydrogens (tertiary/aromatic N) is 2. The molecule has 0 spiro atoms. The van der Waals surface area contributed by atoms with Gasteiger partial charge in [0.1, 0.15) is 0 Å². The summed E-state index contributed by atoms with van der Waals surface area (Å²) < 4.78 is 0. The van der Waals surface area contributed by atoms with Gasteiger partial charge < -0.3 is 4.98 Å². The fraction of sp³-hybridized carbons (Fsp3) is 0. The van der Waals surface area contributed by atoms with Gasteiger partial charge in [0.05, 0.1) is 17.1 Å². The number of aromatic nitrogens is 3. The zero-order chi connectivity index (χ0) is 16.6. The van der Waals surface area contributed by atoms with Crippen LogP contribution >= 0.6 is 0 Å².